The lowest BCUT2D eigenvalue weighted by molar-refractivity contribution is -0.452. The summed E-state index contributed by atoms with van der Waals surface area (Å²) in [6, 6.07) is 0. The zero-order valence-electron chi connectivity index (χ0n) is 10.9. The molecule has 0 amide bonds. The predicted octanol–water partition coefficient (Wildman–Crippen LogP) is 4.14. The molecule has 1 rings (SSSR count). The van der Waals surface area contributed by atoms with Crippen LogP contribution in [0.5, 0.6) is 0 Å². The summed E-state index contributed by atoms with van der Waals surface area (Å²) in [6.07, 6.45) is -14.0. The van der Waals surface area contributed by atoms with Crippen LogP contribution in [0.2, 0.25) is 0 Å². The largest absolute Gasteiger partial charge is 0.437 e. The third kappa shape index (κ3) is 2.61. The van der Waals surface area contributed by atoms with Gasteiger partial charge in [0.15, 0.2) is 0 Å². The molecule has 1 heterocycles. The van der Waals surface area contributed by atoms with Gasteiger partial charge in [0.25, 0.3) is 0 Å². The number of ether oxygens (including phenoxy) is 2. The zero-order valence-corrected chi connectivity index (χ0v) is 10.9. The average Bonchev–Trinajstić information content (AvgIpc) is 2.25. The Morgan fingerprint density at radius 3 is 1.95 bits per heavy atom. The van der Waals surface area contributed by atoms with E-state index in [0.717, 1.165) is 0 Å². The first-order valence-electron chi connectivity index (χ1n) is 6.05. The molecule has 0 aromatic carbocycles. The number of alkyl halides is 7. The van der Waals surface area contributed by atoms with Crippen molar-refractivity contribution in [3.63, 3.8) is 0 Å². The maximum absolute atomic E-state index is 14.2. The van der Waals surface area contributed by atoms with Crippen LogP contribution in [0, 0.1) is 0 Å². The molecule has 1 fully saturated rings. The van der Waals surface area contributed by atoms with E-state index in [4.69, 9.17) is 4.74 Å². The molecule has 1 saturated heterocycles. The van der Waals surface area contributed by atoms with Crippen molar-refractivity contribution in [2.45, 2.75) is 63.0 Å². The van der Waals surface area contributed by atoms with Gasteiger partial charge in [-0.3, -0.25) is 0 Å². The van der Waals surface area contributed by atoms with Crippen molar-refractivity contribution >= 4 is 0 Å². The minimum Gasteiger partial charge on any atom is -0.347 e. The van der Waals surface area contributed by atoms with Crippen molar-refractivity contribution in [1.29, 1.82) is 0 Å². The Morgan fingerprint density at radius 2 is 1.60 bits per heavy atom. The number of hydrogen-bond donors (Lipinski definition) is 0. The Balaban J connectivity index is 3.40. The molecule has 0 N–H and O–H groups in total. The van der Waals surface area contributed by atoms with Gasteiger partial charge in [0.2, 0.25) is 5.79 Å². The molecule has 0 bridgehead atoms. The third-order valence-corrected chi connectivity index (χ3v) is 3.19. The van der Waals surface area contributed by atoms with Gasteiger partial charge in [0.05, 0.1) is 6.10 Å². The Bertz CT molecular complexity index is 321. The molecular formula is C11H15F7O2. The van der Waals surface area contributed by atoms with Gasteiger partial charge in [-0.15, -0.1) is 0 Å². The summed E-state index contributed by atoms with van der Waals surface area (Å²) < 4.78 is 100. The first-order valence-corrected chi connectivity index (χ1v) is 6.05. The Morgan fingerprint density at radius 1 is 1.10 bits per heavy atom. The molecule has 1 aliphatic rings. The van der Waals surface area contributed by atoms with Crippen LogP contribution in [0.1, 0.15) is 33.1 Å². The van der Waals surface area contributed by atoms with Gasteiger partial charge in [-0.2, -0.15) is 26.3 Å². The van der Waals surface area contributed by atoms with E-state index in [2.05, 4.69) is 4.74 Å². The molecule has 0 spiro atoms. The van der Waals surface area contributed by atoms with Gasteiger partial charge in [-0.25, -0.2) is 4.39 Å². The highest BCUT2D eigenvalue weighted by Gasteiger charge is 2.83. The van der Waals surface area contributed by atoms with Crippen LogP contribution in [0.15, 0.2) is 0 Å². The second-order valence-corrected chi connectivity index (χ2v) is 4.66. The minimum atomic E-state index is -6.20. The molecule has 0 aromatic rings. The minimum absolute atomic E-state index is 0.0566. The first kappa shape index (κ1) is 17.5. The van der Waals surface area contributed by atoms with Crippen molar-refractivity contribution in [2.24, 2.45) is 0 Å². The predicted molar refractivity (Wildman–Crippen MR) is 54.7 cm³/mol. The fourth-order valence-corrected chi connectivity index (χ4v) is 2.35. The summed E-state index contributed by atoms with van der Waals surface area (Å²) >= 11 is 0. The van der Waals surface area contributed by atoms with Crippen LogP contribution in [-0.4, -0.2) is 36.5 Å². The van der Waals surface area contributed by atoms with Gasteiger partial charge in [-0.1, -0.05) is 0 Å². The standard InChI is InChI=1S/C11H15F7O2/c1-3-19-8(6-4-5-7(2)20-8)9(12,10(13,14)15)11(16,17)18/h7H,3-6H2,1-2H3. The molecular weight excluding hydrogens is 297 g/mol. The molecule has 0 aromatic heterocycles. The summed E-state index contributed by atoms with van der Waals surface area (Å²) in [7, 11) is 0. The average molecular weight is 312 g/mol. The highest BCUT2D eigenvalue weighted by molar-refractivity contribution is 5.07. The van der Waals surface area contributed by atoms with E-state index < -0.39 is 42.9 Å². The molecule has 0 radical (unpaired) electrons. The molecule has 2 atom stereocenters. The summed E-state index contributed by atoms with van der Waals surface area (Å²) in [5.74, 6) is -3.39. The van der Waals surface area contributed by atoms with E-state index in [1.807, 2.05) is 0 Å². The van der Waals surface area contributed by atoms with Crippen LogP contribution in [0.3, 0.4) is 0 Å². The van der Waals surface area contributed by atoms with Crippen LogP contribution in [-0.2, 0) is 9.47 Å². The van der Waals surface area contributed by atoms with Gasteiger partial charge in [-0.05, 0) is 26.7 Å². The van der Waals surface area contributed by atoms with E-state index in [1.54, 1.807) is 0 Å². The van der Waals surface area contributed by atoms with E-state index in [0.29, 0.717) is 0 Å². The van der Waals surface area contributed by atoms with E-state index >= 15 is 0 Å². The maximum atomic E-state index is 14.2. The Labute approximate surface area is 111 Å². The lowest BCUT2D eigenvalue weighted by Crippen LogP contribution is -2.71. The van der Waals surface area contributed by atoms with Crippen LogP contribution >= 0.6 is 0 Å². The van der Waals surface area contributed by atoms with Crippen molar-refractivity contribution in [3.8, 4) is 0 Å². The molecule has 0 saturated carbocycles. The fraction of sp³-hybridized carbons (Fsp3) is 1.00. The molecule has 1 aliphatic heterocycles. The highest BCUT2D eigenvalue weighted by Crippen LogP contribution is 2.57. The summed E-state index contributed by atoms with van der Waals surface area (Å²) in [6.45, 7) is 1.92. The Hall–Kier alpha value is -0.570. The monoisotopic (exact) mass is 312 g/mol. The van der Waals surface area contributed by atoms with Crippen molar-refractivity contribution in [2.75, 3.05) is 6.61 Å². The second-order valence-electron chi connectivity index (χ2n) is 4.66. The van der Waals surface area contributed by atoms with Crippen LogP contribution in [0.25, 0.3) is 0 Å². The van der Waals surface area contributed by atoms with E-state index in [1.165, 1.54) is 13.8 Å². The molecule has 20 heavy (non-hydrogen) atoms. The summed E-state index contributed by atoms with van der Waals surface area (Å²) in [4.78, 5) is 0. The third-order valence-electron chi connectivity index (χ3n) is 3.19. The molecule has 2 unspecified atom stereocenters. The van der Waals surface area contributed by atoms with Gasteiger partial charge < -0.3 is 9.47 Å². The van der Waals surface area contributed by atoms with Crippen molar-refractivity contribution < 1.29 is 40.2 Å². The molecule has 9 heteroatoms. The van der Waals surface area contributed by atoms with Gasteiger partial charge >= 0.3 is 18.0 Å². The molecule has 2 nitrogen and oxygen atoms in total. The quantitative estimate of drug-likeness (QED) is 0.729. The lowest BCUT2D eigenvalue weighted by Gasteiger charge is -2.48. The van der Waals surface area contributed by atoms with Gasteiger partial charge in [0.1, 0.15) is 0 Å². The smallest absolute Gasteiger partial charge is 0.347 e. The second kappa shape index (κ2) is 5.32. The lowest BCUT2D eigenvalue weighted by atomic mass is 9.86. The summed E-state index contributed by atoms with van der Waals surface area (Å²) in [5.41, 5.74) is -5.57. The van der Waals surface area contributed by atoms with E-state index in [-0.39, 0.29) is 12.8 Å². The SMILES string of the molecule is CCOC1(C(F)(C(F)(F)F)C(F)(F)F)CCCC(C)O1. The van der Waals surface area contributed by atoms with Crippen LogP contribution in [0.4, 0.5) is 30.7 Å². The van der Waals surface area contributed by atoms with Crippen LogP contribution < -0.4 is 0 Å². The fourth-order valence-electron chi connectivity index (χ4n) is 2.35. The van der Waals surface area contributed by atoms with Crippen molar-refractivity contribution in [1.82, 2.24) is 0 Å². The summed E-state index contributed by atoms with van der Waals surface area (Å²) in [5, 5.41) is 0. The number of rotatable bonds is 3. The number of halogens is 7. The normalized spacial score (nSPS) is 29.6. The topological polar surface area (TPSA) is 18.5 Å². The first-order chi connectivity index (χ1) is 8.91. The number of hydrogen-bond acceptors (Lipinski definition) is 2. The van der Waals surface area contributed by atoms with Gasteiger partial charge in [0, 0.05) is 13.0 Å². The van der Waals surface area contributed by atoms with Crippen molar-refractivity contribution in [3.05, 3.63) is 0 Å². The molecule has 120 valence electrons. The highest BCUT2D eigenvalue weighted by atomic mass is 19.4. The molecule has 0 aliphatic carbocycles. The van der Waals surface area contributed by atoms with E-state index in [9.17, 15) is 30.7 Å². The maximum Gasteiger partial charge on any atom is 0.437 e. The zero-order chi connectivity index (χ0) is 15.8. The Kier molecular flexibility index (Phi) is 4.65.